The molecular formula is C17H21N3O. The fourth-order valence-electron chi connectivity index (χ4n) is 2.92. The van der Waals surface area contributed by atoms with Crippen molar-refractivity contribution in [2.45, 2.75) is 25.7 Å². The van der Waals surface area contributed by atoms with E-state index >= 15 is 0 Å². The van der Waals surface area contributed by atoms with Crippen molar-refractivity contribution >= 4 is 22.5 Å². The standard InChI is InChI=1S/C17H21N3O/c21-16(7-6-13-8-11-18-12-9-13)20-15-5-1-3-14-4-2-10-19-17(14)15/h1-5,10,13,18H,6-9,11-12H2,(H,20,21). The van der Waals surface area contributed by atoms with Gasteiger partial charge in [0.15, 0.2) is 0 Å². The predicted octanol–water partition coefficient (Wildman–Crippen LogP) is 2.95. The third kappa shape index (κ3) is 3.58. The number of nitrogens with one attached hydrogen (secondary N) is 2. The molecule has 1 fully saturated rings. The summed E-state index contributed by atoms with van der Waals surface area (Å²) in [6, 6.07) is 9.79. The van der Waals surface area contributed by atoms with Crippen molar-refractivity contribution in [2.24, 2.45) is 5.92 Å². The molecule has 3 rings (SSSR count). The molecule has 4 heteroatoms. The molecule has 1 aliphatic heterocycles. The van der Waals surface area contributed by atoms with Gasteiger partial charge in [-0.2, -0.15) is 0 Å². The van der Waals surface area contributed by atoms with Crippen LogP contribution in [0.4, 0.5) is 5.69 Å². The van der Waals surface area contributed by atoms with E-state index in [9.17, 15) is 4.79 Å². The average Bonchev–Trinajstić information content (AvgIpc) is 2.54. The molecule has 21 heavy (non-hydrogen) atoms. The van der Waals surface area contributed by atoms with E-state index in [2.05, 4.69) is 15.6 Å². The van der Waals surface area contributed by atoms with Gasteiger partial charge in [0, 0.05) is 18.0 Å². The Morgan fingerprint density at radius 2 is 2.05 bits per heavy atom. The zero-order chi connectivity index (χ0) is 14.5. The summed E-state index contributed by atoms with van der Waals surface area (Å²) in [5.74, 6) is 0.773. The maximum atomic E-state index is 12.1. The lowest BCUT2D eigenvalue weighted by Crippen LogP contribution is -2.28. The summed E-state index contributed by atoms with van der Waals surface area (Å²) in [6.07, 6.45) is 5.69. The summed E-state index contributed by atoms with van der Waals surface area (Å²) >= 11 is 0. The van der Waals surface area contributed by atoms with Gasteiger partial charge in [-0.3, -0.25) is 9.78 Å². The van der Waals surface area contributed by atoms with Crippen LogP contribution in [-0.4, -0.2) is 24.0 Å². The van der Waals surface area contributed by atoms with E-state index < -0.39 is 0 Å². The first-order valence-corrected chi connectivity index (χ1v) is 7.67. The quantitative estimate of drug-likeness (QED) is 0.907. The van der Waals surface area contributed by atoms with E-state index in [0.29, 0.717) is 12.3 Å². The third-order valence-corrected chi connectivity index (χ3v) is 4.15. The number of anilines is 1. The van der Waals surface area contributed by atoms with Crippen LogP contribution in [0.15, 0.2) is 36.5 Å². The number of para-hydroxylation sites is 1. The van der Waals surface area contributed by atoms with Crippen molar-refractivity contribution in [1.82, 2.24) is 10.3 Å². The van der Waals surface area contributed by atoms with Gasteiger partial charge < -0.3 is 10.6 Å². The van der Waals surface area contributed by atoms with Crippen molar-refractivity contribution in [1.29, 1.82) is 0 Å². The van der Waals surface area contributed by atoms with Crippen molar-refractivity contribution in [3.63, 3.8) is 0 Å². The van der Waals surface area contributed by atoms with Crippen LogP contribution < -0.4 is 10.6 Å². The molecule has 1 aliphatic rings. The maximum Gasteiger partial charge on any atom is 0.224 e. The normalized spacial score (nSPS) is 16.0. The van der Waals surface area contributed by atoms with Gasteiger partial charge in [0.25, 0.3) is 0 Å². The highest BCUT2D eigenvalue weighted by Crippen LogP contribution is 2.22. The number of fused-ring (bicyclic) bond motifs is 1. The Hall–Kier alpha value is -1.94. The lowest BCUT2D eigenvalue weighted by Gasteiger charge is -2.22. The minimum Gasteiger partial charge on any atom is -0.324 e. The molecule has 4 nitrogen and oxygen atoms in total. The highest BCUT2D eigenvalue weighted by molar-refractivity contribution is 6.00. The van der Waals surface area contributed by atoms with Crippen molar-refractivity contribution < 1.29 is 4.79 Å². The first kappa shape index (κ1) is 14.0. The van der Waals surface area contributed by atoms with Gasteiger partial charge in [-0.05, 0) is 50.4 Å². The molecule has 2 heterocycles. The molecule has 0 aliphatic carbocycles. The van der Waals surface area contributed by atoms with Crippen LogP contribution in [0.3, 0.4) is 0 Å². The second kappa shape index (κ2) is 6.68. The predicted molar refractivity (Wildman–Crippen MR) is 85.2 cm³/mol. The van der Waals surface area contributed by atoms with Gasteiger partial charge >= 0.3 is 0 Å². The van der Waals surface area contributed by atoms with Gasteiger partial charge in [-0.15, -0.1) is 0 Å². The number of hydrogen-bond acceptors (Lipinski definition) is 3. The molecule has 0 bridgehead atoms. The average molecular weight is 283 g/mol. The first-order chi connectivity index (χ1) is 10.3. The number of hydrogen-bond donors (Lipinski definition) is 2. The molecule has 1 aromatic heterocycles. The van der Waals surface area contributed by atoms with E-state index in [-0.39, 0.29) is 5.91 Å². The number of carbonyl (C=O) groups is 1. The molecule has 110 valence electrons. The molecule has 2 N–H and O–H groups in total. The second-order valence-electron chi connectivity index (χ2n) is 5.66. The minimum atomic E-state index is 0.0895. The van der Waals surface area contributed by atoms with Gasteiger partial charge in [0.1, 0.15) is 0 Å². The van der Waals surface area contributed by atoms with Crippen LogP contribution in [-0.2, 0) is 4.79 Å². The van der Waals surface area contributed by atoms with Gasteiger partial charge in [-0.1, -0.05) is 18.2 Å². The van der Waals surface area contributed by atoms with E-state index in [1.807, 2.05) is 30.3 Å². The summed E-state index contributed by atoms with van der Waals surface area (Å²) in [4.78, 5) is 16.5. The molecular weight excluding hydrogens is 262 g/mol. The van der Waals surface area contributed by atoms with E-state index in [0.717, 1.165) is 36.1 Å². The minimum absolute atomic E-state index is 0.0895. The molecule has 1 amide bonds. The molecule has 1 saturated heterocycles. The van der Waals surface area contributed by atoms with E-state index in [1.165, 1.54) is 12.8 Å². The Kier molecular flexibility index (Phi) is 4.46. The van der Waals surface area contributed by atoms with Crippen molar-refractivity contribution in [3.8, 4) is 0 Å². The lowest BCUT2D eigenvalue weighted by atomic mass is 9.93. The Bertz CT molecular complexity index is 615. The zero-order valence-corrected chi connectivity index (χ0v) is 12.1. The van der Waals surface area contributed by atoms with Crippen LogP contribution >= 0.6 is 0 Å². The number of carbonyl (C=O) groups excluding carboxylic acids is 1. The van der Waals surface area contributed by atoms with Crippen LogP contribution in [0.1, 0.15) is 25.7 Å². The topological polar surface area (TPSA) is 54.0 Å². The summed E-state index contributed by atoms with van der Waals surface area (Å²) in [5, 5.41) is 7.41. The Balaban J connectivity index is 1.61. The van der Waals surface area contributed by atoms with E-state index in [4.69, 9.17) is 0 Å². The van der Waals surface area contributed by atoms with Gasteiger partial charge in [-0.25, -0.2) is 0 Å². The summed E-state index contributed by atoms with van der Waals surface area (Å²) in [6.45, 7) is 2.17. The second-order valence-corrected chi connectivity index (χ2v) is 5.66. The fraction of sp³-hybridized carbons (Fsp3) is 0.412. The molecule has 0 spiro atoms. The van der Waals surface area contributed by atoms with Crippen LogP contribution in [0.5, 0.6) is 0 Å². The molecule has 0 saturated carbocycles. The summed E-state index contributed by atoms with van der Waals surface area (Å²) in [5.41, 5.74) is 1.67. The lowest BCUT2D eigenvalue weighted by molar-refractivity contribution is -0.116. The number of pyridine rings is 1. The highest BCUT2D eigenvalue weighted by atomic mass is 16.1. The molecule has 1 aromatic carbocycles. The Morgan fingerprint density at radius 1 is 1.24 bits per heavy atom. The summed E-state index contributed by atoms with van der Waals surface area (Å²) < 4.78 is 0. The van der Waals surface area contributed by atoms with Crippen molar-refractivity contribution in [2.75, 3.05) is 18.4 Å². The SMILES string of the molecule is O=C(CCC1CCNCC1)Nc1cccc2cccnc12. The van der Waals surface area contributed by atoms with Crippen LogP contribution in [0.25, 0.3) is 10.9 Å². The Labute approximate surface area is 125 Å². The molecule has 0 atom stereocenters. The first-order valence-electron chi connectivity index (χ1n) is 7.67. The number of nitrogens with zero attached hydrogens (tertiary/aromatic N) is 1. The number of benzene rings is 1. The molecule has 2 aromatic rings. The number of piperidine rings is 1. The molecule has 0 unspecified atom stereocenters. The van der Waals surface area contributed by atoms with Gasteiger partial charge in [0.05, 0.1) is 11.2 Å². The smallest absolute Gasteiger partial charge is 0.224 e. The van der Waals surface area contributed by atoms with Crippen LogP contribution in [0.2, 0.25) is 0 Å². The Morgan fingerprint density at radius 3 is 2.90 bits per heavy atom. The maximum absolute atomic E-state index is 12.1. The third-order valence-electron chi connectivity index (χ3n) is 4.15. The van der Waals surface area contributed by atoms with Crippen molar-refractivity contribution in [3.05, 3.63) is 36.5 Å². The molecule has 0 radical (unpaired) electrons. The van der Waals surface area contributed by atoms with Crippen LogP contribution in [0, 0.1) is 5.92 Å². The fourth-order valence-corrected chi connectivity index (χ4v) is 2.92. The number of rotatable bonds is 4. The summed E-state index contributed by atoms with van der Waals surface area (Å²) in [7, 11) is 0. The largest absolute Gasteiger partial charge is 0.324 e. The monoisotopic (exact) mass is 283 g/mol. The number of amides is 1. The zero-order valence-electron chi connectivity index (χ0n) is 12.1. The van der Waals surface area contributed by atoms with E-state index in [1.54, 1.807) is 6.20 Å². The highest BCUT2D eigenvalue weighted by Gasteiger charge is 2.15. The number of aromatic nitrogens is 1. The van der Waals surface area contributed by atoms with Gasteiger partial charge in [0.2, 0.25) is 5.91 Å².